The molecule has 2 aliphatic heterocycles. The number of furan rings is 1. The van der Waals surface area contributed by atoms with Crippen molar-refractivity contribution < 1.29 is 28.6 Å². The highest BCUT2D eigenvalue weighted by Crippen LogP contribution is 2.81. The zero-order valence-electron chi connectivity index (χ0n) is 19.4. The molecule has 32 heavy (non-hydrogen) atoms. The van der Waals surface area contributed by atoms with Gasteiger partial charge in [-0.05, 0) is 68.9 Å². The lowest BCUT2D eigenvalue weighted by atomic mass is 9.38. The molecule has 3 saturated carbocycles. The topological polar surface area (TPSA) is 89.3 Å². The summed E-state index contributed by atoms with van der Waals surface area (Å²) >= 11 is 0. The molecule has 0 radical (unpaired) electrons. The van der Waals surface area contributed by atoms with Crippen LogP contribution in [0.25, 0.3) is 0 Å². The number of ether oxygens (including phenoxy) is 2. The average molecular weight is 441 g/mol. The van der Waals surface area contributed by atoms with E-state index in [1.165, 1.54) is 6.08 Å². The van der Waals surface area contributed by atoms with E-state index in [-0.39, 0.29) is 29.1 Å². The van der Waals surface area contributed by atoms with Gasteiger partial charge < -0.3 is 19.0 Å². The van der Waals surface area contributed by atoms with Gasteiger partial charge in [0.25, 0.3) is 0 Å². The molecule has 0 unspecified atom stereocenters. The Morgan fingerprint density at radius 1 is 1.12 bits per heavy atom. The molecular formula is C26H32O6. The molecule has 6 heteroatoms. The Morgan fingerprint density at radius 2 is 1.88 bits per heavy atom. The Morgan fingerprint density at radius 3 is 2.56 bits per heavy atom. The van der Waals surface area contributed by atoms with Crippen LogP contribution in [0.5, 0.6) is 0 Å². The maximum atomic E-state index is 14.2. The Labute approximate surface area is 188 Å². The monoisotopic (exact) mass is 440 g/mol. The number of esters is 1. The average Bonchev–Trinajstić information content (AvgIpc) is 3.11. The molecule has 0 bridgehead atoms. The predicted molar refractivity (Wildman–Crippen MR) is 115 cm³/mol. The van der Waals surface area contributed by atoms with E-state index >= 15 is 0 Å². The van der Waals surface area contributed by atoms with Gasteiger partial charge in [-0.1, -0.05) is 19.9 Å². The van der Waals surface area contributed by atoms with Gasteiger partial charge in [-0.25, -0.2) is 4.79 Å². The summed E-state index contributed by atoms with van der Waals surface area (Å²) in [6.45, 7) is 9.99. The molecule has 5 aliphatic rings. The first-order valence-corrected chi connectivity index (χ1v) is 11.8. The highest BCUT2D eigenvalue weighted by atomic mass is 16.6. The number of hydrogen-bond donors (Lipinski definition) is 1. The van der Waals surface area contributed by atoms with Crippen LogP contribution in [0.1, 0.15) is 65.4 Å². The maximum Gasteiger partial charge on any atom is 0.330 e. The van der Waals surface area contributed by atoms with Crippen molar-refractivity contribution in [3.63, 3.8) is 0 Å². The predicted octanol–water partition coefficient (Wildman–Crippen LogP) is 3.78. The molecule has 3 heterocycles. The van der Waals surface area contributed by atoms with Crippen LogP contribution in [0, 0.1) is 28.1 Å². The van der Waals surface area contributed by atoms with Gasteiger partial charge in [0, 0.05) is 17.4 Å². The molecule has 6 rings (SSSR count). The summed E-state index contributed by atoms with van der Waals surface area (Å²) in [6, 6.07) is 2.02. The lowest BCUT2D eigenvalue weighted by Gasteiger charge is -2.64. The number of carbonyl (C=O) groups is 2. The number of cyclic esters (lactones) is 1. The summed E-state index contributed by atoms with van der Waals surface area (Å²) in [7, 11) is 0. The number of rotatable bonds is 1. The molecule has 3 aliphatic carbocycles. The minimum atomic E-state index is -1.23. The third kappa shape index (κ3) is 2.02. The van der Waals surface area contributed by atoms with E-state index in [0.717, 1.165) is 24.8 Å². The van der Waals surface area contributed by atoms with E-state index in [2.05, 4.69) is 13.8 Å². The van der Waals surface area contributed by atoms with Crippen molar-refractivity contribution in [3.8, 4) is 0 Å². The van der Waals surface area contributed by atoms with Gasteiger partial charge in [0.1, 0.15) is 17.3 Å². The lowest BCUT2D eigenvalue weighted by molar-refractivity contribution is -0.216. The van der Waals surface area contributed by atoms with E-state index in [4.69, 9.17) is 13.9 Å². The Kier molecular flexibility index (Phi) is 3.72. The summed E-state index contributed by atoms with van der Waals surface area (Å²) in [5.41, 5.74) is -2.11. The fourth-order valence-corrected chi connectivity index (χ4v) is 9.28. The van der Waals surface area contributed by atoms with Gasteiger partial charge >= 0.3 is 5.97 Å². The van der Waals surface area contributed by atoms with Gasteiger partial charge in [0.05, 0.1) is 24.0 Å². The molecule has 9 atom stereocenters. The molecule has 1 spiro atoms. The number of ketones is 1. The van der Waals surface area contributed by atoms with Crippen LogP contribution >= 0.6 is 0 Å². The minimum absolute atomic E-state index is 0.0165. The van der Waals surface area contributed by atoms with Crippen molar-refractivity contribution in [2.75, 3.05) is 0 Å². The Bertz CT molecular complexity index is 1040. The summed E-state index contributed by atoms with van der Waals surface area (Å²) < 4.78 is 17.6. The summed E-state index contributed by atoms with van der Waals surface area (Å²) in [5.74, 6) is -0.924. The number of fused-ring (bicyclic) bond motifs is 3. The van der Waals surface area contributed by atoms with E-state index < -0.39 is 40.0 Å². The Hall–Kier alpha value is -1.92. The molecule has 1 N–H and O–H groups in total. The molecule has 4 fully saturated rings. The number of epoxide rings is 1. The van der Waals surface area contributed by atoms with Crippen molar-refractivity contribution >= 4 is 11.8 Å². The second kappa shape index (κ2) is 5.76. The van der Waals surface area contributed by atoms with Crippen LogP contribution in [0.4, 0.5) is 0 Å². The van der Waals surface area contributed by atoms with Crippen LogP contribution in [0.2, 0.25) is 0 Å². The minimum Gasteiger partial charge on any atom is -0.472 e. The number of hydrogen-bond acceptors (Lipinski definition) is 6. The molecule has 1 saturated heterocycles. The Balaban J connectivity index is 1.52. The van der Waals surface area contributed by atoms with Crippen LogP contribution in [-0.2, 0) is 19.1 Å². The van der Waals surface area contributed by atoms with Crippen LogP contribution in [0.15, 0.2) is 35.2 Å². The lowest BCUT2D eigenvalue weighted by Crippen LogP contribution is -2.72. The maximum absolute atomic E-state index is 14.2. The first-order chi connectivity index (χ1) is 14.9. The number of aliphatic hydroxyl groups is 1. The third-order valence-electron chi connectivity index (χ3n) is 10.4. The van der Waals surface area contributed by atoms with Crippen LogP contribution in [0.3, 0.4) is 0 Å². The summed E-state index contributed by atoms with van der Waals surface area (Å²) in [4.78, 5) is 26.5. The molecule has 1 aromatic heterocycles. The normalized spacial score (nSPS) is 52.9. The zero-order valence-corrected chi connectivity index (χ0v) is 19.4. The molecule has 1 aromatic rings. The highest BCUT2D eigenvalue weighted by molar-refractivity contribution is 5.93. The SMILES string of the molecule is CC1(C)OC(=O)C=C[C@]2(C)[C@H]3CC[C@@]4(C)[C@H](c5ccoc5)C[C@H]5O[C@]54[C@]3(C)C(=O)[C@H](O)[C@@H]12. The largest absolute Gasteiger partial charge is 0.472 e. The first-order valence-electron chi connectivity index (χ1n) is 11.8. The van der Waals surface area contributed by atoms with E-state index in [1.54, 1.807) is 6.26 Å². The van der Waals surface area contributed by atoms with Crippen molar-refractivity contribution in [3.05, 3.63) is 36.3 Å². The van der Waals surface area contributed by atoms with Gasteiger partial charge in [-0.3, -0.25) is 4.79 Å². The second-order valence-electron chi connectivity index (χ2n) is 11.9. The number of Topliss-reactive ketones (excluding diaryl/α,β-unsaturated/α-hetero) is 1. The molecule has 172 valence electrons. The van der Waals surface area contributed by atoms with E-state index in [0.29, 0.717) is 0 Å². The van der Waals surface area contributed by atoms with Crippen molar-refractivity contribution in [2.45, 2.75) is 83.2 Å². The first kappa shape index (κ1) is 20.7. The zero-order chi connectivity index (χ0) is 22.9. The quantitative estimate of drug-likeness (QED) is 0.528. The second-order valence-corrected chi connectivity index (χ2v) is 11.9. The highest BCUT2D eigenvalue weighted by Gasteiger charge is 2.87. The molecule has 0 amide bonds. The van der Waals surface area contributed by atoms with Gasteiger partial charge in [-0.15, -0.1) is 0 Å². The van der Waals surface area contributed by atoms with Crippen molar-refractivity contribution in [2.24, 2.45) is 28.1 Å². The molecular weight excluding hydrogens is 408 g/mol. The van der Waals surface area contributed by atoms with Crippen LogP contribution < -0.4 is 0 Å². The number of carbonyl (C=O) groups excluding carboxylic acids is 2. The fourth-order valence-electron chi connectivity index (χ4n) is 9.28. The van der Waals surface area contributed by atoms with Gasteiger partial charge in [0.15, 0.2) is 5.78 Å². The molecule has 0 aromatic carbocycles. The van der Waals surface area contributed by atoms with Crippen molar-refractivity contribution in [1.29, 1.82) is 0 Å². The van der Waals surface area contributed by atoms with Gasteiger partial charge in [0.2, 0.25) is 0 Å². The number of allylic oxidation sites excluding steroid dienone is 1. The summed E-state index contributed by atoms with van der Waals surface area (Å²) in [5, 5.41) is 11.5. The number of aliphatic hydroxyl groups excluding tert-OH is 1. The van der Waals surface area contributed by atoms with Gasteiger partial charge in [-0.2, -0.15) is 0 Å². The van der Waals surface area contributed by atoms with Crippen molar-refractivity contribution in [1.82, 2.24) is 0 Å². The molecule has 6 nitrogen and oxygen atoms in total. The van der Waals surface area contributed by atoms with E-state index in [1.807, 2.05) is 39.2 Å². The smallest absolute Gasteiger partial charge is 0.330 e. The standard InChI is InChI=1S/C26H32O6/c1-22(2)20-19(28)21(29)25(5)16(23(20,3)9-7-18(27)32-22)6-10-24(4)15(14-8-11-30-13-14)12-17-26(24,25)31-17/h7-9,11,13,15-17,19-20,28H,6,10,12H2,1-5H3/t15-,16+,17+,19+,20-,23+,24-,25-,26+/m0/s1. The summed E-state index contributed by atoms with van der Waals surface area (Å²) in [6.07, 6.45) is 8.26. The third-order valence-corrected chi connectivity index (χ3v) is 10.4. The fraction of sp³-hybridized carbons (Fsp3) is 0.692. The van der Waals surface area contributed by atoms with E-state index in [9.17, 15) is 14.7 Å². The van der Waals surface area contributed by atoms with Crippen LogP contribution in [-0.4, -0.2) is 40.3 Å².